The first-order chi connectivity index (χ1) is 8.19. The van der Waals surface area contributed by atoms with Crippen LogP contribution in [0.25, 0.3) is 0 Å². The summed E-state index contributed by atoms with van der Waals surface area (Å²) in [4.78, 5) is 0. The zero-order chi connectivity index (χ0) is 12.7. The van der Waals surface area contributed by atoms with Crippen LogP contribution in [0.5, 0.6) is 0 Å². The van der Waals surface area contributed by atoms with Crippen molar-refractivity contribution in [2.45, 2.75) is 6.92 Å². The number of oxime groups is 1. The SMILES string of the molecule is CNC(=S)N/N=C(\C(C)=N\O)c1ccccc1. The number of rotatable bonds is 3. The maximum absolute atomic E-state index is 8.82. The molecule has 90 valence electrons. The lowest BCUT2D eigenvalue weighted by Crippen LogP contribution is -2.30. The summed E-state index contributed by atoms with van der Waals surface area (Å²) in [7, 11) is 1.69. The minimum atomic E-state index is 0.393. The number of nitrogens with zero attached hydrogens (tertiary/aromatic N) is 2. The Morgan fingerprint density at radius 3 is 2.47 bits per heavy atom. The van der Waals surface area contributed by atoms with E-state index in [2.05, 4.69) is 21.0 Å². The fourth-order valence-corrected chi connectivity index (χ4v) is 1.21. The molecule has 1 rings (SSSR count). The van der Waals surface area contributed by atoms with Gasteiger partial charge in [0.25, 0.3) is 0 Å². The van der Waals surface area contributed by atoms with Gasteiger partial charge >= 0.3 is 0 Å². The van der Waals surface area contributed by atoms with Crippen LogP contribution in [-0.4, -0.2) is 28.8 Å². The third-order valence-corrected chi connectivity index (χ3v) is 2.33. The van der Waals surface area contributed by atoms with Crippen LogP contribution in [0.2, 0.25) is 0 Å². The van der Waals surface area contributed by atoms with Gasteiger partial charge in [-0.05, 0) is 19.1 Å². The zero-order valence-electron chi connectivity index (χ0n) is 9.64. The summed E-state index contributed by atoms with van der Waals surface area (Å²) in [5.74, 6) is 0. The predicted octanol–water partition coefficient (Wildman–Crippen LogP) is 1.33. The smallest absolute Gasteiger partial charge is 0.186 e. The van der Waals surface area contributed by atoms with Crippen molar-refractivity contribution in [2.24, 2.45) is 10.3 Å². The number of benzene rings is 1. The van der Waals surface area contributed by atoms with E-state index in [1.165, 1.54) is 0 Å². The Hall–Kier alpha value is -1.95. The Balaban J connectivity index is 3.01. The van der Waals surface area contributed by atoms with Gasteiger partial charge in [0.15, 0.2) is 5.11 Å². The largest absolute Gasteiger partial charge is 0.411 e. The summed E-state index contributed by atoms with van der Waals surface area (Å²) in [6.07, 6.45) is 0. The molecule has 0 aromatic heterocycles. The number of nitrogens with one attached hydrogen (secondary N) is 2. The molecule has 6 heteroatoms. The van der Waals surface area contributed by atoms with Gasteiger partial charge in [-0.2, -0.15) is 5.10 Å². The highest BCUT2D eigenvalue weighted by Gasteiger charge is 2.07. The molecule has 1 aromatic carbocycles. The van der Waals surface area contributed by atoms with Crippen molar-refractivity contribution < 1.29 is 5.21 Å². The second kappa shape index (κ2) is 6.59. The third kappa shape index (κ3) is 3.84. The molecule has 0 aliphatic carbocycles. The molecular formula is C11H14N4OS. The number of hydrogen-bond acceptors (Lipinski definition) is 4. The molecule has 0 spiro atoms. The van der Waals surface area contributed by atoms with Crippen molar-refractivity contribution in [3.8, 4) is 0 Å². The molecule has 17 heavy (non-hydrogen) atoms. The molecule has 0 aliphatic heterocycles. The molecular weight excluding hydrogens is 236 g/mol. The van der Waals surface area contributed by atoms with Gasteiger partial charge < -0.3 is 10.5 Å². The molecule has 0 amide bonds. The van der Waals surface area contributed by atoms with Crippen LogP contribution in [-0.2, 0) is 0 Å². The van der Waals surface area contributed by atoms with E-state index in [1.807, 2.05) is 30.3 Å². The van der Waals surface area contributed by atoms with Crippen LogP contribution in [0, 0.1) is 0 Å². The second-order valence-corrected chi connectivity index (χ2v) is 3.61. The van der Waals surface area contributed by atoms with Crippen molar-refractivity contribution in [2.75, 3.05) is 7.05 Å². The summed E-state index contributed by atoms with van der Waals surface area (Å²) < 4.78 is 0. The van der Waals surface area contributed by atoms with Crippen molar-refractivity contribution in [3.05, 3.63) is 35.9 Å². The van der Waals surface area contributed by atoms with Crippen LogP contribution in [0.15, 0.2) is 40.6 Å². The van der Waals surface area contributed by atoms with Gasteiger partial charge in [-0.1, -0.05) is 35.5 Å². The van der Waals surface area contributed by atoms with Crippen LogP contribution in [0.3, 0.4) is 0 Å². The Labute approximate surface area is 105 Å². The minimum Gasteiger partial charge on any atom is -0.411 e. The second-order valence-electron chi connectivity index (χ2n) is 3.20. The minimum absolute atomic E-state index is 0.393. The quantitative estimate of drug-likeness (QED) is 0.328. The summed E-state index contributed by atoms with van der Waals surface area (Å²) in [6.45, 7) is 1.66. The Morgan fingerprint density at radius 2 is 1.94 bits per heavy atom. The summed E-state index contributed by atoms with van der Waals surface area (Å²) in [6, 6.07) is 9.41. The van der Waals surface area contributed by atoms with E-state index in [9.17, 15) is 0 Å². The lowest BCUT2D eigenvalue weighted by atomic mass is 10.1. The van der Waals surface area contributed by atoms with Crippen molar-refractivity contribution in [1.82, 2.24) is 10.7 Å². The molecule has 0 saturated heterocycles. The van der Waals surface area contributed by atoms with E-state index < -0.39 is 0 Å². The van der Waals surface area contributed by atoms with Gasteiger partial charge in [-0.3, -0.25) is 5.43 Å². The first-order valence-corrected chi connectivity index (χ1v) is 5.39. The molecule has 0 bridgehead atoms. The molecule has 0 fully saturated rings. The maximum Gasteiger partial charge on any atom is 0.186 e. The van der Waals surface area contributed by atoms with Gasteiger partial charge in [-0.25, -0.2) is 0 Å². The van der Waals surface area contributed by atoms with Crippen LogP contribution < -0.4 is 10.7 Å². The van der Waals surface area contributed by atoms with Crippen LogP contribution in [0.4, 0.5) is 0 Å². The predicted molar refractivity (Wildman–Crippen MR) is 72.7 cm³/mol. The Morgan fingerprint density at radius 1 is 1.29 bits per heavy atom. The maximum atomic E-state index is 8.82. The fraction of sp³-hybridized carbons (Fsp3) is 0.182. The third-order valence-electron chi connectivity index (χ3n) is 2.04. The highest BCUT2D eigenvalue weighted by Crippen LogP contribution is 2.02. The van der Waals surface area contributed by atoms with E-state index in [-0.39, 0.29) is 0 Å². The molecule has 3 N–H and O–H groups in total. The monoisotopic (exact) mass is 250 g/mol. The molecule has 5 nitrogen and oxygen atoms in total. The Bertz CT molecular complexity index is 442. The molecule has 0 saturated carbocycles. The number of hydrazone groups is 1. The molecule has 0 radical (unpaired) electrons. The average molecular weight is 250 g/mol. The first kappa shape index (κ1) is 13.1. The van der Waals surface area contributed by atoms with Crippen molar-refractivity contribution >= 4 is 28.8 Å². The van der Waals surface area contributed by atoms with Gasteiger partial charge in [0.2, 0.25) is 0 Å². The van der Waals surface area contributed by atoms with E-state index in [0.717, 1.165) is 5.56 Å². The highest BCUT2D eigenvalue weighted by atomic mass is 32.1. The molecule has 1 aromatic rings. The number of hydrogen-bond donors (Lipinski definition) is 3. The van der Waals surface area contributed by atoms with E-state index >= 15 is 0 Å². The van der Waals surface area contributed by atoms with Crippen molar-refractivity contribution in [1.29, 1.82) is 0 Å². The summed E-state index contributed by atoms with van der Waals surface area (Å²) >= 11 is 4.91. The van der Waals surface area contributed by atoms with Crippen LogP contribution in [0.1, 0.15) is 12.5 Å². The normalized spacial score (nSPS) is 12.1. The average Bonchev–Trinajstić information content (AvgIpc) is 2.39. The Kier molecular flexibility index (Phi) is 5.09. The van der Waals surface area contributed by atoms with Crippen LogP contribution >= 0.6 is 12.2 Å². The van der Waals surface area contributed by atoms with Gasteiger partial charge in [0.1, 0.15) is 11.4 Å². The molecule has 0 heterocycles. The van der Waals surface area contributed by atoms with Crippen molar-refractivity contribution in [3.63, 3.8) is 0 Å². The number of thiocarbonyl (C=S) groups is 1. The fourth-order valence-electron chi connectivity index (χ4n) is 1.16. The summed E-state index contributed by atoms with van der Waals surface area (Å²) in [5, 5.41) is 19.2. The first-order valence-electron chi connectivity index (χ1n) is 4.99. The summed E-state index contributed by atoms with van der Waals surface area (Å²) in [5.41, 5.74) is 4.44. The molecule has 0 atom stereocenters. The van der Waals surface area contributed by atoms with E-state index in [4.69, 9.17) is 17.4 Å². The van der Waals surface area contributed by atoms with E-state index in [0.29, 0.717) is 16.5 Å². The topological polar surface area (TPSA) is 69.0 Å². The molecule has 0 unspecified atom stereocenters. The zero-order valence-corrected chi connectivity index (χ0v) is 10.5. The van der Waals surface area contributed by atoms with Gasteiger partial charge in [0, 0.05) is 12.6 Å². The lowest BCUT2D eigenvalue weighted by molar-refractivity contribution is 0.320. The lowest BCUT2D eigenvalue weighted by Gasteiger charge is -2.06. The highest BCUT2D eigenvalue weighted by molar-refractivity contribution is 7.80. The molecule has 0 aliphatic rings. The van der Waals surface area contributed by atoms with Gasteiger partial charge in [0.05, 0.1) is 0 Å². The van der Waals surface area contributed by atoms with E-state index in [1.54, 1.807) is 14.0 Å². The standard InChI is InChI=1S/C11H14N4OS/c1-8(15-16)10(13-14-11(17)12-2)9-6-4-3-5-7-9/h3-7,16H,1-2H3,(H2,12,14,17)/b13-10+,15-8+. The van der Waals surface area contributed by atoms with Gasteiger partial charge in [-0.15, -0.1) is 0 Å².